The quantitative estimate of drug-likeness (QED) is 0.435. The van der Waals surface area contributed by atoms with Crippen molar-refractivity contribution in [1.29, 1.82) is 0 Å². The molecule has 0 radical (unpaired) electrons. The lowest BCUT2D eigenvalue weighted by Gasteiger charge is -2.33. The smallest absolute Gasteiger partial charge is 0.407 e. The molecule has 4 aromatic heterocycles. The van der Waals surface area contributed by atoms with Crippen molar-refractivity contribution in [3.05, 3.63) is 61.3 Å². The molecule has 1 aliphatic rings. The minimum atomic E-state index is -0.881. The largest absolute Gasteiger partial charge is 0.465 e. The molecule has 1 saturated heterocycles. The molecule has 1 fully saturated rings. The molecule has 1 amide bonds. The molecular formula is C24H25N9O2. The number of aryl methyl sites for hydroxylation is 1. The van der Waals surface area contributed by atoms with Gasteiger partial charge in [-0.1, -0.05) is 0 Å². The van der Waals surface area contributed by atoms with Gasteiger partial charge in [-0.2, -0.15) is 5.10 Å². The van der Waals surface area contributed by atoms with Crippen LogP contribution in [-0.4, -0.2) is 72.0 Å². The Bertz CT molecular complexity index is 1300. The molecule has 0 bridgehead atoms. The molecule has 1 aliphatic heterocycles. The third kappa shape index (κ3) is 4.88. The summed E-state index contributed by atoms with van der Waals surface area (Å²) in [6.07, 6.45) is 8.07. The van der Waals surface area contributed by atoms with Gasteiger partial charge in [-0.15, -0.1) is 0 Å². The highest BCUT2D eigenvalue weighted by Crippen LogP contribution is 2.30. The topological polar surface area (TPSA) is 125 Å². The van der Waals surface area contributed by atoms with E-state index in [1.807, 2.05) is 48.1 Å². The molecule has 0 spiro atoms. The molecule has 4 aromatic rings. The first-order chi connectivity index (χ1) is 17.1. The second-order valence-corrected chi connectivity index (χ2v) is 8.04. The van der Waals surface area contributed by atoms with E-state index in [-0.39, 0.29) is 0 Å². The van der Waals surface area contributed by atoms with E-state index in [2.05, 4.69) is 25.2 Å². The lowest BCUT2D eigenvalue weighted by molar-refractivity contribution is 0.142. The number of piperazine rings is 1. The molecule has 2 N–H and O–H groups in total. The summed E-state index contributed by atoms with van der Waals surface area (Å²) in [7, 11) is 0. The van der Waals surface area contributed by atoms with Crippen LogP contribution in [0.15, 0.2) is 61.3 Å². The molecule has 0 aromatic carbocycles. The summed E-state index contributed by atoms with van der Waals surface area (Å²) in [5, 5.41) is 17.0. The van der Waals surface area contributed by atoms with E-state index in [0.717, 1.165) is 40.6 Å². The molecule has 0 aliphatic carbocycles. The summed E-state index contributed by atoms with van der Waals surface area (Å²) in [6.45, 7) is 4.94. The zero-order valence-corrected chi connectivity index (χ0v) is 19.2. The van der Waals surface area contributed by atoms with Crippen molar-refractivity contribution >= 4 is 23.5 Å². The van der Waals surface area contributed by atoms with Gasteiger partial charge in [0.15, 0.2) is 0 Å². The number of hydrogen-bond donors (Lipinski definition) is 2. The first-order valence-electron chi connectivity index (χ1n) is 11.4. The van der Waals surface area contributed by atoms with Gasteiger partial charge in [0.25, 0.3) is 0 Å². The second kappa shape index (κ2) is 9.75. The molecule has 5 heterocycles. The molecule has 35 heavy (non-hydrogen) atoms. The molecule has 11 nitrogen and oxygen atoms in total. The number of rotatable bonds is 6. The number of amides is 1. The van der Waals surface area contributed by atoms with E-state index in [1.54, 1.807) is 24.8 Å². The number of pyridine rings is 2. The van der Waals surface area contributed by atoms with Crippen molar-refractivity contribution in [1.82, 2.24) is 34.6 Å². The number of hydrogen-bond acceptors (Lipinski definition) is 8. The molecule has 178 valence electrons. The fraction of sp³-hybridized carbons (Fsp3) is 0.250. The summed E-state index contributed by atoms with van der Waals surface area (Å²) in [5.74, 6) is 1.26. The zero-order chi connectivity index (χ0) is 24.2. The van der Waals surface area contributed by atoms with Crippen LogP contribution >= 0.6 is 0 Å². The number of carbonyl (C=O) groups is 1. The van der Waals surface area contributed by atoms with E-state index < -0.39 is 6.09 Å². The van der Waals surface area contributed by atoms with Gasteiger partial charge in [0.05, 0.1) is 17.6 Å². The Morgan fingerprint density at radius 1 is 1.06 bits per heavy atom. The monoisotopic (exact) mass is 471 g/mol. The molecule has 5 rings (SSSR count). The van der Waals surface area contributed by atoms with Gasteiger partial charge in [0, 0.05) is 68.6 Å². The van der Waals surface area contributed by atoms with Crippen LogP contribution in [0.4, 0.5) is 22.2 Å². The van der Waals surface area contributed by atoms with Gasteiger partial charge in [-0.25, -0.2) is 19.7 Å². The van der Waals surface area contributed by atoms with Gasteiger partial charge < -0.3 is 20.2 Å². The first-order valence-corrected chi connectivity index (χ1v) is 11.4. The third-order valence-corrected chi connectivity index (χ3v) is 5.83. The minimum Gasteiger partial charge on any atom is -0.465 e. The highest BCUT2D eigenvalue weighted by atomic mass is 16.4. The molecule has 0 atom stereocenters. The summed E-state index contributed by atoms with van der Waals surface area (Å²) in [4.78, 5) is 32.4. The average Bonchev–Trinajstić information content (AvgIpc) is 3.35. The first kappa shape index (κ1) is 22.3. The van der Waals surface area contributed by atoms with Gasteiger partial charge in [0.1, 0.15) is 11.5 Å². The van der Waals surface area contributed by atoms with E-state index >= 15 is 0 Å². The predicted octanol–water partition coefficient (Wildman–Crippen LogP) is 3.36. The van der Waals surface area contributed by atoms with Crippen LogP contribution in [0.1, 0.15) is 6.92 Å². The number of carboxylic acid groups (broad SMARTS) is 1. The maximum Gasteiger partial charge on any atom is 0.407 e. The maximum atomic E-state index is 11.1. The standard InChI is InChI=1S/C24H25N9O2/c1-2-33-16-19(22(30-33)17-4-3-8-25-14-17)20-7-9-26-23(29-20)28-18-5-6-21(27-15-18)31-10-12-32(13-11-31)24(34)35/h3-9,14-16H,2,10-13H2,1H3,(H,34,35)(H,26,28,29). The van der Waals surface area contributed by atoms with Gasteiger partial charge in [-0.3, -0.25) is 9.67 Å². The number of nitrogens with zero attached hydrogens (tertiary/aromatic N) is 8. The van der Waals surface area contributed by atoms with E-state index in [4.69, 9.17) is 15.2 Å². The van der Waals surface area contributed by atoms with Gasteiger partial charge >= 0.3 is 6.09 Å². The summed E-state index contributed by atoms with van der Waals surface area (Å²) < 4.78 is 1.88. The Kier molecular flexibility index (Phi) is 6.20. The predicted molar refractivity (Wildman–Crippen MR) is 131 cm³/mol. The van der Waals surface area contributed by atoms with E-state index in [1.165, 1.54) is 4.90 Å². The van der Waals surface area contributed by atoms with Crippen molar-refractivity contribution in [3.63, 3.8) is 0 Å². The SMILES string of the molecule is CCn1cc(-c2ccnc(Nc3ccc(N4CCN(C(=O)O)CC4)nc3)n2)c(-c2cccnc2)n1. The van der Waals surface area contributed by atoms with Crippen molar-refractivity contribution in [2.45, 2.75) is 13.5 Å². The van der Waals surface area contributed by atoms with Crippen LogP contribution in [0.2, 0.25) is 0 Å². The third-order valence-electron chi connectivity index (χ3n) is 5.83. The normalized spacial score (nSPS) is 13.6. The Labute approximate surface area is 202 Å². The van der Waals surface area contributed by atoms with Crippen LogP contribution in [0, 0.1) is 0 Å². The second-order valence-electron chi connectivity index (χ2n) is 8.04. The average molecular weight is 472 g/mol. The lowest BCUT2D eigenvalue weighted by atomic mass is 10.1. The molecular weight excluding hydrogens is 446 g/mol. The molecule has 0 saturated carbocycles. The van der Waals surface area contributed by atoms with Crippen LogP contribution in [-0.2, 0) is 6.54 Å². The van der Waals surface area contributed by atoms with Crippen LogP contribution in [0.25, 0.3) is 22.5 Å². The van der Waals surface area contributed by atoms with Crippen LogP contribution in [0.5, 0.6) is 0 Å². The van der Waals surface area contributed by atoms with Gasteiger partial charge in [-0.05, 0) is 37.3 Å². The van der Waals surface area contributed by atoms with E-state index in [0.29, 0.717) is 32.1 Å². The Balaban J connectivity index is 1.33. The zero-order valence-electron chi connectivity index (χ0n) is 19.2. The highest BCUT2D eigenvalue weighted by molar-refractivity contribution is 5.78. The van der Waals surface area contributed by atoms with Crippen molar-refractivity contribution in [2.75, 3.05) is 36.4 Å². The number of anilines is 3. The highest BCUT2D eigenvalue weighted by Gasteiger charge is 2.21. The van der Waals surface area contributed by atoms with Crippen molar-refractivity contribution in [3.8, 4) is 22.5 Å². The summed E-state index contributed by atoms with van der Waals surface area (Å²) in [5.41, 5.74) is 4.15. The van der Waals surface area contributed by atoms with Crippen LogP contribution < -0.4 is 10.2 Å². The summed E-state index contributed by atoms with van der Waals surface area (Å²) in [6, 6.07) is 9.56. The van der Waals surface area contributed by atoms with E-state index in [9.17, 15) is 4.79 Å². The van der Waals surface area contributed by atoms with Crippen molar-refractivity contribution < 1.29 is 9.90 Å². The fourth-order valence-electron chi connectivity index (χ4n) is 3.96. The molecule has 11 heteroatoms. The number of aromatic nitrogens is 6. The Morgan fingerprint density at radius 2 is 1.91 bits per heavy atom. The fourth-order valence-corrected chi connectivity index (χ4v) is 3.96. The molecule has 0 unspecified atom stereocenters. The Hall–Kier alpha value is -4.54. The number of nitrogens with one attached hydrogen (secondary N) is 1. The van der Waals surface area contributed by atoms with Gasteiger partial charge in [0.2, 0.25) is 5.95 Å². The maximum absolute atomic E-state index is 11.1. The Morgan fingerprint density at radius 3 is 2.60 bits per heavy atom. The van der Waals surface area contributed by atoms with Crippen molar-refractivity contribution in [2.24, 2.45) is 0 Å². The lowest BCUT2D eigenvalue weighted by Crippen LogP contribution is -2.48. The van der Waals surface area contributed by atoms with Crippen LogP contribution in [0.3, 0.4) is 0 Å². The minimum absolute atomic E-state index is 0.452. The summed E-state index contributed by atoms with van der Waals surface area (Å²) >= 11 is 0.